The zero-order chi connectivity index (χ0) is 18.7. The number of piperidine rings is 1. The average Bonchev–Trinajstić information content (AvgIpc) is 2.81. The lowest BCUT2D eigenvalue weighted by molar-refractivity contribution is -0.199. The van der Waals surface area contributed by atoms with Crippen LogP contribution in [0.3, 0.4) is 0 Å². The molecule has 2 heterocycles. The summed E-state index contributed by atoms with van der Waals surface area (Å²) in [6.07, 6.45) is -3.62. The lowest BCUT2D eigenvalue weighted by Gasteiger charge is -2.44. The molecule has 0 aliphatic carbocycles. The van der Waals surface area contributed by atoms with Gasteiger partial charge in [-0.2, -0.15) is 0 Å². The molecule has 0 aromatic heterocycles. The zero-order valence-corrected chi connectivity index (χ0v) is 14.8. The van der Waals surface area contributed by atoms with Crippen molar-refractivity contribution in [3.63, 3.8) is 0 Å². The van der Waals surface area contributed by atoms with E-state index in [4.69, 9.17) is 18.9 Å². The van der Waals surface area contributed by atoms with Crippen molar-refractivity contribution >= 4 is 17.9 Å². The lowest BCUT2D eigenvalue weighted by Crippen LogP contribution is -2.61. The molecule has 2 aliphatic heterocycles. The van der Waals surface area contributed by atoms with Crippen molar-refractivity contribution in [2.45, 2.75) is 70.8 Å². The smallest absolute Gasteiger partial charge is 0.303 e. The van der Waals surface area contributed by atoms with Gasteiger partial charge in [0.05, 0.1) is 12.1 Å². The molecule has 2 saturated heterocycles. The Kier molecular flexibility index (Phi) is 6.36. The first-order chi connectivity index (χ1) is 11.7. The Labute approximate surface area is 146 Å². The van der Waals surface area contributed by atoms with Crippen molar-refractivity contribution in [1.29, 1.82) is 0 Å². The Bertz CT molecular complexity index is 524. The van der Waals surface area contributed by atoms with Gasteiger partial charge in [0, 0.05) is 40.3 Å². The van der Waals surface area contributed by atoms with Gasteiger partial charge in [-0.25, -0.2) is 0 Å². The Hall–Kier alpha value is -1.71. The molecule has 2 aliphatic rings. The molecule has 0 bridgehead atoms. The second-order valence-electron chi connectivity index (χ2n) is 6.19. The van der Waals surface area contributed by atoms with E-state index in [1.165, 1.54) is 20.8 Å². The van der Waals surface area contributed by atoms with Gasteiger partial charge in [0.1, 0.15) is 12.3 Å². The maximum absolute atomic E-state index is 11.6. The van der Waals surface area contributed by atoms with Gasteiger partial charge in [-0.05, 0) is 6.92 Å². The van der Waals surface area contributed by atoms with E-state index in [2.05, 4.69) is 0 Å². The van der Waals surface area contributed by atoms with Crippen molar-refractivity contribution in [1.82, 2.24) is 4.90 Å². The number of fused-ring (bicyclic) bond motifs is 1. The van der Waals surface area contributed by atoms with Crippen LogP contribution in [0.4, 0.5) is 0 Å². The van der Waals surface area contributed by atoms with Crippen LogP contribution in [0, 0.1) is 0 Å². The standard InChI is InChI=1S/C16H25NO8/c1-5-22-11-6-13(21)17-7-12(23-8(2)18)16(25-10(4)20)14(17)15(11)24-9(3)19/h11-16,21H,5-7H2,1-4H3/t11?,12-,13?,14?,15+,16-/m1/s1. The van der Waals surface area contributed by atoms with Crippen LogP contribution in [0.1, 0.15) is 34.1 Å². The SMILES string of the molecule is CCOC1CC(O)N2C[C@@H](OC(C)=O)[C@@H](OC(C)=O)C2[C@H]1OC(C)=O. The van der Waals surface area contributed by atoms with Gasteiger partial charge in [0.15, 0.2) is 12.2 Å². The van der Waals surface area contributed by atoms with Crippen LogP contribution in [-0.4, -0.2) is 77.8 Å². The molecule has 0 radical (unpaired) electrons. The molecule has 25 heavy (non-hydrogen) atoms. The Morgan fingerprint density at radius 2 is 1.48 bits per heavy atom. The largest absolute Gasteiger partial charge is 0.458 e. The van der Waals surface area contributed by atoms with E-state index in [1.54, 1.807) is 11.8 Å². The van der Waals surface area contributed by atoms with Crippen LogP contribution in [0.15, 0.2) is 0 Å². The topological polar surface area (TPSA) is 112 Å². The predicted molar refractivity (Wildman–Crippen MR) is 83.2 cm³/mol. The van der Waals surface area contributed by atoms with Crippen molar-refractivity contribution in [3.05, 3.63) is 0 Å². The highest BCUT2D eigenvalue weighted by molar-refractivity contribution is 5.68. The van der Waals surface area contributed by atoms with Crippen LogP contribution in [0.2, 0.25) is 0 Å². The summed E-state index contributed by atoms with van der Waals surface area (Å²) in [7, 11) is 0. The fraction of sp³-hybridized carbons (Fsp3) is 0.812. The molecule has 0 amide bonds. The molecule has 0 aromatic carbocycles. The lowest BCUT2D eigenvalue weighted by atomic mass is 9.92. The second kappa shape index (κ2) is 8.11. The summed E-state index contributed by atoms with van der Waals surface area (Å²) in [5.41, 5.74) is 0. The highest BCUT2D eigenvalue weighted by Crippen LogP contribution is 2.37. The molecular weight excluding hydrogens is 334 g/mol. The fourth-order valence-corrected chi connectivity index (χ4v) is 3.60. The summed E-state index contributed by atoms with van der Waals surface area (Å²) in [6.45, 7) is 6.10. The van der Waals surface area contributed by atoms with E-state index in [1.807, 2.05) is 0 Å². The predicted octanol–water partition coefficient (Wildman–Crippen LogP) is -0.407. The third-order valence-electron chi connectivity index (χ3n) is 4.31. The molecular formula is C16H25NO8. The molecule has 0 saturated carbocycles. The third-order valence-corrected chi connectivity index (χ3v) is 4.31. The minimum Gasteiger partial charge on any atom is -0.458 e. The van der Waals surface area contributed by atoms with Crippen LogP contribution in [-0.2, 0) is 33.3 Å². The molecule has 1 N–H and O–H groups in total. The van der Waals surface area contributed by atoms with Gasteiger partial charge < -0.3 is 24.1 Å². The number of aliphatic hydroxyl groups is 1. The molecule has 9 heteroatoms. The van der Waals surface area contributed by atoms with Crippen LogP contribution in [0.5, 0.6) is 0 Å². The van der Waals surface area contributed by atoms with Gasteiger partial charge in [-0.3, -0.25) is 19.3 Å². The van der Waals surface area contributed by atoms with Gasteiger partial charge in [0.2, 0.25) is 0 Å². The van der Waals surface area contributed by atoms with E-state index < -0.39 is 54.6 Å². The summed E-state index contributed by atoms with van der Waals surface area (Å²) in [5, 5.41) is 10.5. The number of hydrogen-bond donors (Lipinski definition) is 1. The summed E-state index contributed by atoms with van der Waals surface area (Å²) in [4.78, 5) is 36.1. The first kappa shape index (κ1) is 19.6. The number of hydrogen-bond acceptors (Lipinski definition) is 9. The summed E-state index contributed by atoms with van der Waals surface area (Å²) < 4.78 is 21.7. The average molecular weight is 359 g/mol. The number of carbonyl (C=O) groups excluding carboxylic acids is 3. The van der Waals surface area contributed by atoms with Crippen molar-refractivity contribution < 1.29 is 38.4 Å². The number of nitrogens with zero attached hydrogens (tertiary/aromatic N) is 1. The molecule has 0 aromatic rings. The van der Waals surface area contributed by atoms with E-state index in [0.29, 0.717) is 6.61 Å². The van der Waals surface area contributed by atoms with Crippen molar-refractivity contribution in [2.24, 2.45) is 0 Å². The highest BCUT2D eigenvalue weighted by Gasteiger charge is 2.57. The van der Waals surface area contributed by atoms with E-state index in [0.717, 1.165) is 0 Å². The number of rotatable bonds is 5. The maximum atomic E-state index is 11.6. The number of esters is 3. The Morgan fingerprint density at radius 3 is 1.96 bits per heavy atom. The molecule has 2 rings (SSSR count). The number of carbonyl (C=O) groups is 3. The minimum atomic E-state index is -0.896. The molecule has 142 valence electrons. The normalized spacial score (nSPS) is 34.9. The second-order valence-corrected chi connectivity index (χ2v) is 6.19. The van der Waals surface area contributed by atoms with Gasteiger partial charge in [-0.1, -0.05) is 0 Å². The van der Waals surface area contributed by atoms with Crippen LogP contribution >= 0.6 is 0 Å². The summed E-state index contributed by atoms with van der Waals surface area (Å²) in [5.74, 6) is -1.59. The monoisotopic (exact) mass is 359 g/mol. The van der Waals surface area contributed by atoms with Gasteiger partial charge in [0.25, 0.3) is 0 Å². The number of aliphatic hydroxyl groups excluding tert-OH is 1. The summed E-state index contributed by atoms with van der Waals surface area (Å²) in [6, 6.07) is -0.669. The van der Waals surface area contributed by atoms with E-state index in [-0.39, 0.29) is 13.0 Å². The van der Waals surface area contributed by atoms with Gasteiger partial charge >= 0.3 is 17.9 Å². The Balaban J connectivity index is 2.36. The Morgan fingerprint density at radius 1 is 0.960 bits per heavy atom. The van der Waals surface area contributed by atoms with Crippen LogP contribution in [0.25, 0.3) is 0 Å². The number of ether oxygens (including phenoxy) is 4. The zero-order valence-electron chi connectivity index (χ0n) is 14.8. The molecule has 0 spiro atoms. The quantitative estimate of drug-likeness (QED) is 0.517. The first-order valence-electron chi connectivity index (χ1n) is 8.31. The fourth-order valence-electron chi connectivity index (χ4n) is 3.60. The van der Waals surface area contributed by atoms with Crippen LogP contribution < -0.4 is 0 Å². The van der Waals surface area contributed by atoms with Gasteiger partial charge in [-0.15, -0.1) is 0 Å². The van der Waals surface area contributed by atoms with E-state index in [9.17, 15) is 19.5 Å². The first-order valence-corrected chi connectivity index (χ1v) is 8.31. The molecule has 9 nitrogen and oxygen atoms in total. The highest BCUT2D eigenvalue weighted by atomic mass is 16.6. The minimum absolute atomic E-state index is 0.167. The molecule has 2 fully saturated rings. The maximum Gasteiger partial charge on any atom is 0.303 e. The molecule has 6 atom stereocenters. The molecule has 3 unspecified atom stereocenters. The summed E-state index contributed by atoms with van der Waals surface area (Å²) >= 11 is 0. The van der Waals surface area contributed by atoms with Crippen molar-refractivity contribution in [2.75, 3.05) is 13.2 Å². The third kappa shape index (κ3) is 4.47. The van der Waals surface area contributed by atoms with E-state index >= 15 is 0 Å². The van der Waals surface area contributed by atoms with Crippen molar-refractivity contribution in [3.8, 4) is 0 Å².